The molecule has 1 aliphatic rings. The number of rotatable bonds is 7. The van der Waals surface area contributed by atoms with E-state index in [1.807, 2.05) is 12.1 Å². The molecule has 34 heavy (non-hydrogen) atoms. The van der Waals surface area contributed by atoms with Crippen molar-refractivity contribution >= 4 is 23.4 Å². The van der Waals surface area contributed by atoms with Gasteiger partial charge in [-0.25, -0.2) is 9.79 Å². The van der Waals surface area contributed by atoms with Crippen molar-refractivity contribution in [2.24, 2.45) is 4.99 Å². The Kier molecular flexibility index (Phi) is 6.79. The van der Waals surface area contributed by atoms with Crippen molar-refractivity contribution in [3.63, 3.8) is 0 Å². The van der Waals surface area contributed by atoms with Gasteiger partial charge in [-0.3, -0.25) is 9.36 Å². The van der Waals surface area contributed by atoms with Crippen molar-refractivity contribution in [2.45, 2.75) is 19.9 Å². The molecule has 0 saturated carbocycles. The van der Waals surface area contributed by atoms with Crippen LogP contribution in [0.2, 0.25) is 0 Å². The molecule has 1 atom stereocenters. The van der Waals surface area contributed by atoms with E-state index in [4.69, 9.17) is 9.47 Å². The maximum Gasteiger partial charge on any atom is 0.338 e. The lowest BCUT2D eigenvalue weighted by Crippen LogP contribution is -2.39. The lowest BCUT2D eigenvalue weighted by Gasteiger charge is -2.24. The Balaban J connectivity index is 1.89. The summed E-state index contributed by atoms with van der Waals surface area (Å²) in [6.07, 6.45) is 3.36. The molecule has 1 aromatic heterocycles. The van der Waals surface area contributed by atoms with Crippen molar-refractivity contribution < 1.29 is 19.4 Å². The second kappa shape index (κ2) is 9.93. The van der Waals surface area contributed by atoms with E-state index in [1.165, 1.54) is 15.9 Å². The van der Waals surface area contributed by atoms with Crippen LogP contribution < -0.4 is 19.6 Å². The molecule has 2 heterocycles. The lowest BCUT2D eigenvalue weighted by atomic mass is 9.96. The molecular formula is C26H24N2O5S. The van der Waals surface area contributed by atoms with Crippen molar-refractivity contribution in [2.75, 3.05) is 13.2 Å². The molecule has 2 aromatic carbocycles. The highest BCUT2D eigenvalue weighted by molar-refractivity contribution is 7.07. The Morgan fingerprint density at radius 3 is 2.71 bits per heavy atom. The largest absolute Gasteiger partial charge is 0.508 e. The summed E-state index contributed by atoms with van der Waals surface area (Å²) in [5, 5.41) is 9.78. The highest BCUT2D eigenvalue weighted by Crippen LogP contribution is 2.31. The monoisotopic (exact) mass is 476 g/mol. The lowest BCUT2D eigenvalue weighted by molar-refractivity contribution is -0.139. The maximum absolute atomic E-state index is 13.5. The molecule has 0 saturated heterocycles. The molecular weight excluding hydrogens is 452 g/mol. The van der Waals surface area contributed by atoms with Crippen molar-refractivity contribution in [3.8, 4) is 11.5 Å². The van der Waals surface area contributed by atoms with Gasteiger partial charge < -0.3 is 14.6 Å². The summed E-state index contributed by atoms with van der Waals surface area (Å²) < 4.78 is 12.9. The number of carbonyl (C=O) groups excluding carboxylic acids is 1. The molecule has 3 aromatic rings. The van der Waals surface area contributed by atoms with E-state index in [0.717, 1.165) is 5.56 Å². The van der Waals surface area contributed by atoms with E-state index in [9.17, 15) is 14.7 Å². The first-order chi connectivity index (χ1) is 16.4. The molecule has 0 spiro atoms. The van der Waals surface area contributed by atoms with Gasteiger partial charge in [-0.05, 0) is 55.3 Å². The van der Waals surface area contributed by atoms with E-state index in [0.29, 0.717) is 38.5 Å². The van der Waals surface area contributed by atoms with Gasteiger partial charge in [0.2, 0.25) is 0 Å². The summed E-state index contributed by atoms with van der Waals surface area (Å²) in [6.45, 7) is 7.70. The second-order valence-corrected chi connectivity index (χ2v) is 8.58. The fraction of sp³-hybridized carbons (Fsp3) is 0.192. The summed E-state index contributed by atoms with van der Waals surface area (Å²) >= 11 is 1.23. The predicted molar refractivity (Wildman–Crippen MR) is 131 cm³/mol. The quantitative estimate of drug-likeness (QED) is 0.418. The number of benzene rings is 2. The van der Waals surface area contributed by atoms with Crippen LogP contribution in [-0.2, 0) is 9.53 Å². The number of phenolic OH excluding ortho intramolecular Hbond substituents is 1. The van der Waals surface area contributed by atoms with Crippen LogP contribution in [0.15, 0.2) is 82.2 Å². The molecule has 7 nitrogen and oxygen atoms in total. The minimum atomic E-state index is -0.699. The minimum absolute atomic E-state index is 0.110. The fourth-order valence-corrected chi connectivity index (χ4v) is 4.82. The topological polar surface area (TPSA) is 90.1 Å². The second-order valence-electron chi connectivity index (χ2n) is 7.57. The Hall–Kier alpha value is -3.91. The first-order valence-electron chi connectivity index (χ1n) is 10.7. The third-order valence-corrected chi connectivity index (χ3v) is 6.23. The molecule has 0 radical (unpaired) electrons. The van der Waals surface area contributed by atoms with Crippen LogP contribution in [-0.4, -0.2) is 28.9 Å². The number of fused-ring (bicyclic) bond motifs is 1. The molecule has 0 fully saturated rings. The van der Waals surface area contributed by atoms with Gasteiger partial charge in [-0.15, -0.1) is 0 Å². The molecule has 1 unspecified atom stereocenters. The number of phenols is 1. The van der Waals surface area contributed by atoms with Crippen molar-refractivity contribution in [1.82, 2.24) is 4.57 Å². The number of carbonyl (C=O) groups is 1. The average molecular weight is 477 g/mol. The fourth-order valence-electron chi connectivity index (χ4n) is 3.77. The molecule has 0 bridgehead atoms. The average Bonchev–Trinajstić information content (AvgIpc) is 3.11. The van der Waals surface area contributed by atoms with Crippen LogP contribution in [0, 0.1) is 0 Å². The molecule has 4 rings (SSSR count). The van der Waals surface area contributed by atoms with Gasteiger partial charge in [0.05, 0.1) is 28.5 Å². The van der Waals surface area contributed by atoms with Crippen molar-refractivity contribution in [3.05, 3.63) is 103 Å². The van der Waals surface area contributed by atoms with E-state index >= 15 is 0 Å². The Bertz CT molecular complexity index is 1450. The van der Waals surface area contributed by atoms with Gasteiger partial charge in [-0.1, -0.05) is 48.3 Å². The smallest absolute Gasteiger partial charge is 0.338 e. The van der Waals surface area contributed by atoms with Gasteiger partial charge >= 0.3 is 5.97 Å². The predicted octanol–water partition coefficient (Wildman–Crippen LogP) is 3.07. The van der Waals surface area contributed by atoms with Gasteiger partial charge in [0, 0.05) is 0 Å². The van der Waals surface area contributed by atoms with Crippen LogP contribution >= 0.6 is 11.3 Å². The molecule has 174 valence electrons. The number of thiazole rings is 1. The van der Waals surface area contributed by atoms with Gasteiger partial charge in [0.1, 0.15) is 18.1 Å². The van der Waals surface area contributed by atoms with Crippen LogP contribution in [0.3, 0.4) is 0 Å². The Morgan fingerprint density at radius 2 is 2.03 bits per heavy atom. The van der Waals surface area contributed by atoms with Gasteiger partial charge in [0.15, 0.2) is 4.80 Å². The first kappa shape index (κ1) is 23.3. The SMILES string of the molecule is C=CCOc1ccc(C2C(C(=O)OCC)=C(C)N=c3s/c(=C/c4cccc(O)c4)c(=O)n32)cc1. The van der Waals surface area contributed by atoms with E-state index < -0.39 is 12.0 Å². The third kappa shape index (κ3) is 4.58. The zero-order valence-corrected chi connectivity index (χ0v) is 19.7. The van der Waals surface area contributed by atoms with E-state index in [-0.39, 0.29) is 17.9 Å². The number of allylic oxidation sites excluding steroid dienone is 1. The number of esters is 1. The number of aromatic hydroxyl groups is 1. The molecule has 8 heteroatoms. The summed E-state index contributed by atoms with van der Waals surface area (Å²) in [4.78, 5) is 31.5. The number of hydrogen-bond acceptors (Lipinski definition) is 7. The van der Waals surface area contributed by atoms with Gasteiger partial charge in [-0.2, -0.15) is 0 Å². The molecule has 0 amide bonds. The number of nitrogens with zero attached hydrogens (tertiary/aromatic N) is 2. The number of aromatic nitrogens is 1. The summed E-state index contributed by atoms with van der Waals surface area (Å²) in [6, 6.07) is 13.2. The highest BCUT2D eigenvalue weighted by Gasteiger charge is 2.33. The first-order valence-corrected chi connectivity index (χ1v) is 11.6. The maximum atomic E-state index is 13.5. The number of ether oxygens (including phenoxy) is 2. The minimum Gasteiger partial charge on any atom is -0.508 e. The zero-order valence-electron chi connectivity index (χ0n) is 18.9. The number of hydrogen-bond donors (Lipinski definition) is 1. The molecule has 1 N–H and O–H groups in total. The van der Waals surface area contributed by atoms with Crippen LogP contribution in [0.25, 0.3) is 6.08 Å². The standard InChI is InChI=1S/C26H24N2O5S/c1-4-13-33-20-11-9-18(10-12-20)23-22(25(31)32-5-2)16(3)27-26-28(23)24(30)21(34-26)15-17-7-6-8-19(29)14-17/h4,6-12,14-15,23,29H,1,5,13H2,2-3H3/b21-15+. The third-order valence-electron chi connectivity index (χ3n) is 5.25. The Labute approximate surface area is 200 Å². The normalized spacial score (nSPS) is 15.5. The van der Waals surface area contributed by atoms with Crippen molar-refractivity contribution in [1.29, 1.82) is 0 Å². The molecule has 1 aliphatic heterocycles. The zero-order chi connectivity index (χ0) is 24.2. The highest BCUT2D eigenvalue weighted by atomic mass is 32.1. The van der Waals surface area contributed by atoms with Crippen LogP contribution in [0.4, 0.5) is 0 Å². The van der Waals surface area contributed by atoms with Gasteiger partial charge in [0.25, 0.3) is 5.56 Å². The summed E-state index contributed by atoms with van der Waals surface area (Å²) in [7, 11) is 0. The van der Waals surface area contributed by atoms with E-state index in [2.05, 4.69) is 11.6 Å². The van der Waals surface area contributed by atoms with Crippen LogP contribution in [0.5, 0.6) is 11.5 Å². The van der Waals surface area contributed by atoms with E-state index in [1.54, 1.807) is 62.4 Å². The summed E-state index contributed by atoms with van der Waals surface area (Å²) in [5.41, 5.74) is 1.96. The Morgan fingerprint density at radius 1 is 1.26 bits per heavy atom. The summed E-state index contributed by atoms with van der Waals surface area (Å²) in [5.74, 6) is 0.250. The molecule has 0 aliphatic carbocycles. The van der Waals surface area contributed by atoms with Crippen LogP contribution in [0.1, 0.15) is 31.0 Å².